The fourth-order valence-corrected chi connectivity index (χ4v) is 2.52. The normalized spacial score (nSPS) is 13.6. The first-order chi connectivity index (χ1) is 13.2. The Morgan fingerprint density at radius 1 is 0.786 bits per heavy atom. The second-order valence-electron chi connectivity index (χ2n) is 6.35. The zero-order valence-corrected chi connectivity index (χ0v) is 15.0. The number of carboxylic acids is 2. The quantitative estimate of drug-likeness (QED) is 0.427. The summed E-state index contributed by atoms with van der Waals surface area (Å²) in [4.78, 5) is 22.4. The molecule has 2 aromatic carbocycles. The van der Waals surface area contributed by atoms with Crippen LogP contribution in [0.2, 0.25) is 0 Å². The minimum atomic E-state index is -2.78. The molecule has 0 amide bonds. The maximum atomic E-state index is 11.4. The topological polar surface area (TPSA) is 134 Å². The predicted molar refractivity (Wildman–Crippen MR) is 96.9 cm³/mol. The van der Waals surface area contributed by atoms with Gasteiger partial charge in [0, 0.05) is 0 Å². The smallest absolute Gasteiger partial charge is 0.336 e. The number of aliphatic hydroxyl groups is 2. The molecule has 0 saturated heterocycles. The molecular formula is C20H22O8. The molecule has 8 nitrogen and oxygen atoms in total. The van der Waals surface area contributed by atoms with E-state index in [2.05, 4.69) is 0 Å². The van der Waals surface area contributed by atoms with Crippen LogP contribution in [0.4, 0.5) is 0 Å². The highest BCUT2D eigenvalue weighted by molar-refractivity contribution is 5.83. The van der Waals surface area contributed by atoms with Crippen LogP contribution in [-0.4, -0.2) is 43.9 Å². The maximum Gasteiger partial charge on any atom is 0.336 e. The van der Waals surface area contributed by atoms with E-state index >= 15 is 0 Å². The highest BCUT2D eigenvalue weighted by Crippen LogP contribution is 2.29. The van der Waals surface area contributed by atoms with E-state index in [1.54, 1.807) is 60.7 Å². The van der Waals surface area contributed by atoms with Crippen molar-refractivity contribution in [1.29, 1.82) is 0 Å². The lowest BCUT2D eigenvalue weighted by atomic mass is 9.94. The first-order valence-corrected chi connectivity index (χ1v) is 8.48. The number of carbonyl (C=O) groups is 2. The molecule has 0 fully saturated rings. The molecule has 2 aromatic rings. The van der Waals surface area contributed by atoms with Gasteiger partial charge in [0.15, 0.2) is 5.60 Å². The van der Waals surface area contributed by atoms with E-state index in [1.807, 2.05) is 0 Å². The standard InChI is InChI=1S/C20H22O8/c21-17(22)11-19(25,18(23)24)14-20(26,27-12-15-7-3-1-4-8-15)28-13-16-9-5-2-6-10-16/h1-10,25-26H,11-14H2,(H,21,22)(H,23,24). The highest BCUT2D eigenvalue weighted by atomic mass is 16.8. The van der Waals surface area contributed by atoms with Gasteiger partial charge in [-0.05, 0) is 11.1 Å². The van der Waals surface area contributed by atoms with Gasteiger partial charge in [-0.25, -0.2) is 4.79 Å². The van der Waals surface area contributed by atoms with E-state index in [-0.39, 0.29) is 13.2 Å². The van der Waals surface area contributed by atoms with Crippen LogP contribution in [0.15, 0.2) is 60.7 Å². The van der Waals surface area contributed by atoms with Gasteiger partial charge in [-0.2, -0.15) is 0 Å². The molecule has 0 aromatic heterocycles. The van der Waals surface area contributed by atoms with Crippen molar-refractivity contribution in [2.75, 3.05) is 0 Å². The third-order valence-corrected chi connectivity index (χ3v) is 3.97. The lowest BCUT2D eigenvalue weighted by Crippen LogP contribution is -2.50. The summed E-state index contributed by atoms with van der Waals surface area (Å²) >= 11 is 0. The summed E-state index contributed by atoms with van der Waals surface area (Å²) in [6.45, 7) is -0.288. The van der Waals surface area contributed by atoms with Crippen LogP contribution in [0.3, 0.4) is 0 Å². The molecule has 0 radical (unpaired) electrons. The second-order valence-corrected chi connectivity index (χ2v) is 6.35. The van der Waals surface area contributed by atoms with E-state index < -0.39 is 36.4 Å². The van der Waals surface area contributed by atoms with Crippen molar-refractivity contribution in [3.05, 3.63) is 71.8 Å². The van der Waals surface area contributed by atoms with Gasteiger partial charge in [0.25, 0.3) is 5.97 Å². The van der Waals surface area contributed by atoms with Crippen LogP contribution in [0.1, 0.15) is 24.0 Å². The monoisotopic (exact) mass is 390 g/mol. The Balaban J connectivity index is 2.20. The SMILES string of the molecule is O=C(O)CC(O)(CC(O)(OCc1ccccc1)OCc1ccccc1)C(=O)O. The summed E-state index contributed by atoms with van der Waals surface area (Å²) in [6, 6.07) is 17.5. The average Bonchev–Trinajstić information content (AvgIpc) is 2.66. The Bertz CT molecular complexity index is 734. The van der Waals surface area contributed by atoms with Gasteiger partial charge in [-0.3, -0.25) is 4.79 Å². The Labute approximate surface area is 161 Å². The van der Waals surface area contributed by atoms with Crippen LogP contribution in [-0.2, 0) is 32.3 Å². The third-order valence-electron chi connectivity index (χ3n) is 3.97. The van der Waals surface area contributed by atoms with Gasteiger partial charge in [0.1, 0.15) is 0 Å². The van der Waals surface area contributed by atoms with Gasteiger partial charge < -0.3 is 29.9 Å². The lowest BCUT2D eigenvalue weighted by Gasteiger charge is -2.33. The molecular weight excluding hydrogens is 368 g/mol. The summed E-state index contributed by atoms with van der Waals surface area (Å²) < 4.78 is 10.8. The zero-order valence-electron chi connectivity index (χ0n) is 15.0. The van der Waals surface area contributed by atoms with Crippen molar-refractivity contribution in [3.63, 3.8) is 0 Å². The molecule has 150 valence electrons. The van der Waals surface area contributed by atoms with E-state index in [0.717, 1.165) is 0 Å². The molecule has 1 atom stereocenters. The minimum absolute atomic E-state index is 0.144. The summed E-state index contributed by atoms with van der Waals surface area (Å²) in [5.41, 5.74) is -1.45. The van der Waals surface area contributed by atoms with Crippen molar-refractivity contribution in [3.8, 4) is 0 Å². The molecule has 4 N–H and O–H groups in total. The van der Waals surface area contributed by atoms with Gasteiger partial charge in [0.05, 0.1) is 26.1 Å². The van der Waals surface area contributed by atoms with E-state index in [4.69, 9.17) is 14.6 Å². The van der Waals surface area contributed by atoms with Crippen molar-refractivity contribution in [2.24, 2.45) is 0 Å². The number of rotatable bonds is 11. The molecule has 0 saturated carbocycles. The molecule has 0 spiro atoms. The van der Waals surface area contributed by atoms with Gasteiger partial charge in [0.2, 0.25) is 0 Å². The Kier molecular flexibility index (Phi) is 7.24. The first kappa shape index (κ1) is 21.5. The van der Waals surface area contributed by atoms with Crippen LogP contribution < -0.4 is 0 Å². The minimum Gasteiger partial charge on any atom is -0.481 e. The van der Waals surface area contributed by atoms with Crippen LogP contribution >= 0.6 is 0 Å². The molecule has 0 bridgehead atoms. The van der Waals surface area contributed by atoms with Crippen LogP contribution in [0, 0.1) is 0 Å². The van der Waals surface area contributed by atoms with Gasteiger partial charge in [-0.15, -0.1) is 0 Å². The van der Waals surface area contributed by atoms with E-state index in [1.165, 1.54) is 0 Å². The molecule has 0 aliphatic rings. The Morgan fingerprint density at radius 3 is 1.57 bits per heavy atom. The molecule has 2 rings (SSSR count). The van der Waals surface area contributed by atoms with Crippen LogP contribution in [0.25, 0.3) is 0 Å². The number of carboxylic acid groups (broad SMARTS) is 2. The molecule has 1 unspecified atom stereocenters. The highest BCUT2D eigenvalue weighted by Gasteiger charge is 2.48. The van der Waals surface area contributed by atoms with Crippen molar-refractivity contribution in [2.45, 2.75) is 37.6 Å². The largest absolute Gasteiger partial charge is 0.481 e. The number of hydrogen-bond acceptors (Lipinski definition) is 6. The number of ether oxygens (including phenoxy) is 2. The lowest BCUT2D eigenvalue weighted by molar-refractivity contribution is -0.383. The fourth-order valence-electron chi connectivity index (χ4n) is 2.52. The summed E-state index contributed by atoms with van der Waals surface area (Å²) in [5.74, 6) is -5.88. The third kappa shape index (κ3) is 6.43. The van der Waals surface area contributed by atoms with Crippen molar-refractivity contribution in [1.82, 2.24) is 0 Å². The maximum absolute atomic E-state index is 11.4. The number of benzene rings is 2. The summed E-state index contributed by atoms with van der Waals surface area (Å²) in [6.07, 6.45) is -2.13. The second kappa shape index (κ2) is 9.43. The number of aliphatic carboxylic acids is 2. The number of hydrogen-bond donors (Lipinski definition) is 4. The molecule has 8 heteroatoms. The summed E-state index contributed by atoms with van der Waals surface area (Å²) in [7, 11) is 0. The van der Waals surface area contributed by atoms with Crippen LogP contribution in [0.5, 0.6) is 0 Å². The van der Waals surface area contributed by atoms with E-state index in [0.29, 0.717) is 11.1 Å². The average molecular weight is 390 g/mol. The molecule has 0 aliphatic heterocycles. The zero-order chi connectivity index (χ0) is 20.6. The van der Waals surface area contributed by atoms with E-state index in [9.17, 15) is 24.9 Å². The van der Waals surface area contributed by atoms with Gasteiger partial charge in [-0.1, -0.05) is 60.7 Å². The fraction of sp³-hybridized carbons (Fsp3) is 0.300. The molecule has 0 heterocycles. The molecule has 28 heavy (non-hydrogen) atoms. The predicted octanol–water partition coefficient (Wildman–Crippen LogP) is 1.75. The Hall–Kier alpha value is -2.78. The first-order valence-electron chi connectivity index (χ1n) is 8.48. The Morgan fingerprint density at radius 2 is 1.21 bits per heavy atom. The molecule has 0 aliphatic carbocycles. The summed E-state index contributed by atoms with van der Waals surface area (Å²) in [5, 5.41) is 39.3. The van der Waals surface area contributed by atoms with Gasteiger partial charge >= 0.3 is 11.9 Å². The van der Waals surface area contributed by atoms with Crippen molar-refractivity contribution >= 4 is 11.9 Å². The van der Waals surface area contributed by atoms with Crippen molar-refractivity contribution < 1.29 is 39.5 Å².